The van der Waals surface area contributed by atoms with Gasteiger partial charge in [0.1, 0.15) is 29.2 Å². The lowest BCUT2D eigenvalue weighted by molar-refractivity contribution is -0.254. The predicted octanol–water partition coefficient (Wildman–Crippen LogP) is -0.171. The van der Waals surface area contributed by atoms with E-state index in [2.05, 4.69) is 9.97 Å². The molecule has 3 rings (SSSR count). The molecule has 1 fully saturated rings. The van der Waals surface area contributed by atoms with Crippen LogP contribution in [0.4, 0.5) is 0 Å². The third-order valence-electron chi connectivity index (χ3n) is 3.83. The Morgan fingerprint density at radius 1 is 1.00 bits per heavy atom. The normalized spacial score (nSPS) is 28.7. The van der Waals surface area contributed by atoms with Gasteiger partial charge in [0.15, 0.2) is 0 Å². The maximum absolute atomic E-state index is 11.3. The van der Waals surface area contributed by atoms with Gasteiger partial charge in [-0.1, -0.05) is 11.6 Å². The zero-order valence-electron chi connectivity index (χ0n) is 13.5. The van der Waals surface area contributed by atoms with Gasteiger partial charge in [0, 0.05) is 11.8 Å². The first-order valence-corrected chi connectivity index (χ1v) is 9.45. The highest BCUT2D eigenvalue weighted by molar-refractivity contribution is 7.86. The molecule has 0 aromatic carbocycles. The summed E-state index contributed by atoms with van der Waals surface area (Å²) in [7, 11) is -4.86. The highest BCUT2D eigenvalue weighted by Crippen LogP contribution is 2.27. The minimum atomic E-state index is -4.86. The van der Waals surface area contributed by atoms with E-state index < -0.39 is 40.2 Å². The number of aliphatic hydroxyl groups is 3. The predicted molar refractivity (Wildman–Crippen MR) is 91.3 cm³/mol. The average molecular weight is 419 g/mol. The average Bonchev–Trinajstić information content (AvgIpc) is 2.62. The molecule has 1 aliphatic heterocycles. The van der Waals surface area contributed by atoms with Gasteiger partial charge in [0.25, 0.3) is 10.1 Å². The quantitative estimate of drug-likeness (QED) is 0.387. The van der Waals surface area contributed by atoms with E-state index in [-0.39, 0.29) is 5.75 Å². The van der Waals surface area contributed by atoms with Crippen LogP contribution >= 0.6 is 11.6 Å². The number of nitrogens with zero attached hydrogens (tertiary/aromatic N) is 2. The van der Waals surface area contributed by atoms with Crippen molar-refractivity contribution in [1.82, 2.24) is 9.97 Å². The van der Waals surface area contributed by atoms with Crippen LogP contribution in [0.1, 0.15) is 0 Å². The Hall–Kier alpha value is -1.86. The Bertz CT molecular complexity index is 893. The number of aliphatic hydroxyl groups excluding tert-OH is 3. The molecule has 0 amide bonds. The van der Waals surface area contributed by atoms with Crippen LogP contribution in [0.5, 0.6) is 5.75 Å². The van der Waals surface area contributed by atoms with Crippen LogP contribution in [0.2, 0.25) is 5.15 Å². The first-order chi connectivity index (χ1) is 12.7. The Morgan fingerprint density at radius 2 is 1.74 bits per heavy atom. The first-order valence-electron chi connectivity index (χ1n) is 7.57. The molecule has 27 heavy (non-hydrogen) atoms. The molecule has 2 aromatic heterocycles. The number of rotatable bonds is 4. The lowest BCUT2D eigenvalue weighted by atomic mass is 10.1. The molecular formula is C15H15ClN2O8S. The van der Waals surface area contributed by atoms with Gasteiger partial charge < -0.3 is 24.8 Å². The second kappa shape index (κ2) is 7.64. The fourth-order valence-corrected chi connectivity index (χ4v) is 3.32. The number of pyridine rings is 2. The Morgan fingerprint density at radius 3 is 2.30 bits per heavy atom. The summed E-state index contributed by atoms with van der Waals surface area (Å²) < 4.78 is 41.8. The van der Waals surface area contributed by atoms with E-state index in [4.69, 9.17) is 25.6 Å². The van der Waals surface area contributed by atoms with Gasteiger partial charge in [0.05, 0.1) is 11.9 Å². The van der Waals surface area contributed by atoms with E-state index in [1.807, 2.05) is 0 Å². The summed E-state index contributed by atoms with van der Waals surface area (Å²) in [6.45, 7) is 0. The summed E-state index contributed by atoms with van der Waals surface area (Å²) in [4.78, 5) is 8.08. The Kier molecular flexibility index (Phi) is 5.63. The minimum Gasteiger partial charge on any atom is -0.460 e. The number of ether oxygens (including phenoxy) is 2. The molecule has 5 atom stereocenters. The summed E-state index contributed by atoms with van der Waals surface area (Å²) in [6.07, 6.45) is -4.60. The fourth-order valence-electron chi connectivity index (χ4n) is 2.44. The van der Waals surface area contributed by atoms with Crippen LogP contribution in [-0.4, -0.2) is 68.3 Å². The summed E-state index contributed by atoms with van der Waals surface area (Å²) in [5.41, 5.74) is -0.943. The van der Waals surface area contributed by atoms with Crippen LogP contribution < -0.4 is 4.74 Å². The summed E-state index contributed by atoms with van der Waals surface area (Å²) in [5, 5.41) is 29.7. The van der Waals surface area contributed by atoms with Crippen molar-refractivity contribution in [3.05, 3.63) is 41.8 Å². The van der Waals surface area contributed by atoms with E-state index in [0.717, 1.165) is 0 Å². The minimum absolute atomic E-state index is 0.0856. The number of hydrogen-bond acceptors (Lipinski definition) is 9. The summed E-state index contributed by atoms with van der Waals surface area (Å²) in [5.74, 6) is 0.0856. The molecule has 0 bridgehead atoms. The monoisotopic (exact) mass is 418 g/mol. The van der Waals surface area contributed by atoms with E-state index >= 15 is 0 Å². The highest BCUT2D eigenvalue weighted by atomic mass is 35.5. The second-order valence-electron chi connectivity index (χ2n) is 5.73. The third-order valence-corrected chi connectivity index (χ3v) is 5.03. The molecule has 0 spiro atoms. The molecule has 1 aliphatic rings. The molecule has 0 radical (unpaired) electrons. The Balaban J connectivity index is 1.76. The van der Waals surface area contributed by atoms with Crippen molar-refractivity contribution in [1.29, 1.82) is 0 Å². The highest BCUT2D eigenvalue weighted by Gasteiger charge is 2.50. The van der Waals surface area contributed by atoms with Gasteiger partial charge in [-0.15, -0.1) is 0 Å². The lowest BCUT2D eigenvalue weighted by Gasteiger charge is -2.38. The number of aromatic nitrogens is 2. The van der Waals surface area contributed by atoms with Gasteiger partial charge in [-0.25, -0.2) is 4.98 Å². The molecule has 3 heterocycles. The molecule has 1 saturated heterocycles. The van der Waals surface area contributed by atoms with Crippen molar-refractivity contribution in [3.8, 4) is 17.0 Å². The van der Waals surface area contributed by atoms with E-state index in [1.54, 1.807) is 18.2 Å². The fraction of sp³-hybridized carbons (Fsp3) is 0.333. The first kappa shape index (κ1) is 19.9. The van der Waals surface area contributed by atoms with Gasteiger partial charge in [-0.3, -0.25) is 9.54 Å². The maximum atomic E-state index is 11.3. The Labute approximate surface area is 158 Å². The van der Waals surface area contributed by atoms with Gasteiger partial charge >= 0.3 is 0 Å². The molecule has 146 valence electrons. The third kappa shape index (κ3) is 4.35. The van der Waals surface area contributed by atoms with Crippen LogP contribution in [0.3, 0.4) is 0 Å². The topological polar surface area (TPSA) is 159 Å². The van der Waals surface area contributed by atoms with Crippen molar-refractivity contribution < 1.29 is 37.8 Å². The van der Waals surface area contributed by atoms with Crippen molar-refractivity contribution in [2.45, 2.75) is 30.0 Å². The number of hydrogen-bond donors (Lipinski definition) is 4. The van der Waals surface area contributed by atoms with Crippen molar-refractivity contribution in [2.75, 3.05) is 0 Å². The van der Waals surface area contributed by atoms with E-state index in [0.29, 0.717) is 16.4 Å². The van der Waals surface area contributed by atoms with Crippen molar-refractivity contribution in [2.24, 2.45) is 0 Å². The van der Waals surface area contributed by atoms with Crippen LogP contribution in [0.15, 0.2) is 36.7 Å². The number of halogens is 1. The summed E-state index contributed by atoms with van der Waals surface area (Å²) >= 11 is 5.72. The van der Waals surface area contributed by atoms with Gasteiger partial charge in [-0.05, 0) is 24.3 Å². The largest absolute Gasteiger partial charge is 0.460 e. The van der Waals surface area contributed by atoms with Crippen LogP contribution in [0, 0.1) is 0 Å². The van der Waals surface area contributed by atoms with Crippen molar-refractivity contribution in [3.63, 3.8) is 0 Å². The zero-order valence-corrected chi connectivity index (χ0v) is 15.0. The van der Waals surface area contributed by atoms with Gasteiger partial charge in [0.2, 0.25) is 11.7 Å². The molecular weight excluding hydrogens is 404 g/mol. The van der Waals surface area contributed by atoms with Crippen molar-refractivity contribution >= 4 is 21.7 Å². The molecule has 2 aromatic rings. The summed E-state index contributed by atoms with van der Waals surface area (Å²) in [6, 6.07) is 6.34. The molecule has 10 nitrogen and oxygen atoms in total. The SMILES string of the molecule is O=S(=O)(O)C1O[C@@H](Oc2ccc(-c3ccc(Cl)nc3)nc2)[C@H](O)[C@@H](O)[C@@H]1O. The van der Waals surface area contributed by atoms with E-state index in [9.17, 15) is 23.7 Å². The standard InChI is InChI=1S/C15H15ClN2O8S/c16-10-4-1-7(5-18-10)9-3-2-8(6-17-9)25-14-12(20)11(19)13(21)15(26-14)27(22,23)24/h1-6,11-15,19-21H,(H,22,23,24)/t11-,12-,13+,14-,15?/m1/s1. The smallest absolute Gasteiger partial charge is 0.295 e. The van der Waals surface area contributed by atoms with Crippen LogP contribution in [0.25, 0.3) is 11.3 Å². The molecule has 12 heteroatoms. The van der Waals surface area contributed by atoms with Gasteiger partial charge in [-0.2, -0.15) is 8.42 Å². The molecule has 0 aliphatic carbocycles. The molecule has 4 N–H and O–H groups in total. The van der Waals surface area contributed by atoms with Crippen LogP contribution in [-0.2, 0) is 14.9 Å². The van der Waals surface area contributed by atoms with E-state index in [1.165, 1.54) is 18.5 Å². The molecule has 0 saturated carbocycles. The lowest BCUT2D eigenvalue weighted by Crippen LogP contribution is -2.61. The maximum Gasteiger partial charge on any atom is 0.295 e. The zero-order chi connectivity index (χ0) is 19.8. The molecule has 1 unspecified atom stereocenters. The second-order valence-corrected chi connectivity index (χ2v) is 7.61.